The van der Waals surface area contributed by atoms with Gasteiger partial charge in [-0.05, 0) is 35.8 Å². The number of benzene rings is 3. The highest BCUT2D eigenvalue weighted by Gasteiger charge is 2.19. The molecule has 3 nitrogen and oxygen atoms in total. The van der Waals surface area contributed by atoms with Crippen molar-refractivity contribution >= 4 is 39.5 Å². The molecule has 1 heterocycles. The van der Waals surface area contributed by atoms with Crippen LogP contribution in [-0.4, -0.2) is 36.2 Å². The van der Waals surface area contributed by atoms with Crippen molar-refractivity contribution in [3.8, 4) is 0 Å². The quantitative estimate of drug-likeness (QED) is 0.694. The van der Waals surface area contributed by atoms with Crippen molar-refractivity contribution in [2.24, 2.45) is 0 Å². The largest absolute Gasteiger partial charge is 0.368 e. The molecule has 0 radical (unpaired) electrons. The van der Waals surface area contributed by atoms with Crippen molar-refractivity contribution in [2.45, 2.75) is 0 Å². The number of thiocarbonyl (C=S) groups is 1. The van der Waals surface area contributed by atoms with Gasteiger partial charge in [0.25, 0.3) is 0 Å². The van der Waals surface area contributed by atoms with Crippen LogP contribution in [-0.2, 0) is 0 Å². The molecular weight excluding hydrogens is 326 g/mol. The lowest BCUT2D eigenvalue weighted by Gasteiger charge is -2.37. The van der Waals surface area contributed by atoms with Crippen molar-refractivity contribution in [1.29, 1.82) is 0 Å². The number of para-hydroxylation sites is 1. The Morgan fingerprint density at radius 1 is 0.760 bits per heavy atom. The van der Waals surface area contributed by atoms with Crippen LogP contribution >= 0.6 is 12.2 Å². The summed E-state index contributed by atoms with van der Waals surface area (Å²) in [4.78, 5) is 4.67. The number of anilines is 2. The van der Waals surface area contributed by atoms with Gasteiger partial charge in [-0.2, -0.15) is 0 Å². The zero-order chi connectivity index (χ0) is 17.1. The topological polar surface area (TPSA) is 18.5 Å². The van der Waals surface area contributed by atoms with Gasteiger partial charge in [0.15, 0.2) is 5.11 Å². The van der Waals surface area contributed by atoms with Crippen LogP contribution in [0.4, 0.5) is 11.4 Å². The first-order valence-corrected chi connectivity index (χ1v) is 9.06. The van der Waals surface area contributed by atoms with E-state index in [4.69, 9.17) is 12.2 Å². The minimum atomic E-state index is 0.809. The molecule has 1 saturated heterocycles. The lowest BCUT2D eigenvalue weighted by Crippen LogP contribution is -2.50. The molecule has 0 aliphatic carbocycles. The predicted molar refractivity (Wildman–Crippen MR) is 110 cm³/mol. The Hall–Kier alpha value is -2.59. The van der Waals surface area contributed by atoms with E-state index in [1.54, 1.807) is 0 Å². The third kappa shape index (κ3) is 3.44. The minimum absolute atomic E-state index is 0.809. The first-order chi connectivity index (χ1) is 12.3. The SMILES string of the molecule is S=C(Nc1cccc2ccccc12)N1CCN(c2ccccc2)CC1. The molecule has 0 bridgehead atoms. The van der Waals surface area contributed by atoms with E-state index < -0.39 is 0 Å². The summed E-state index contributed by atoms with van der Waals surface area (Å²) in [7, 11) is 0. The Balaban J connectivity index is 1.42. The zero-order valence-corrected chi connectivity index (χ0v) is 14.9. The van der Waals surface area contributed by atoms with Crippen LogP contribution in [0.1, 0.15) is 0 Å². The number of hydrogen-bond donors (Lipinski definition) is 1. The molecule has 0 amide bonds. The lowest BCUT2D eigenvalue weighted by atomic mass is 10.1. The summed E-state index contributed by atoms with van der Waals surface area (Å²) in [5.41, 5.74) is 2.36. The standard InChI is InChI=1S/C21H21N3S/c25-21(22-20-12-6-8-17-7-4-5-11-19(17)20)24-15-13-23(14-16-24)18-9-2-1-3-10-18/h1-12H,13-16H2,(H,22,25). The molecule has 4 heteroatoms. The molecule has 1 fully saturated rings. The highest BCUT2D eigenvalue weighted by atomic mass is 32.1. The third-order valence-electron chi connectivity index (χ3n) is 4.72. The monoisotopic (exact) mass is 347 g/mol. The first kappa shape index (κ1) is 15.9. The van der Waals surface area contributed by atoms with Crippen molar-refractivity contribution in [2.75, 3.05) is 36.4 Å². The van der Waals surface area contributed by atoms with Crippen molar-refractivity contribution in [3.63, 3.8) is 0 Å². The molecule has 1 aliphatic rings. The van der Waals surface area contributed by atoms with E-state index in [0.29, 0.717) is 0 Å². The van der Waals surface area contributed by atoms with E-state index in [1.165, 1.54) is 16.5 Å². The van der Waals surface area contributed by atoms with E-state index in [2.05, 4.69) is 87.9 Å². The van der Waals surface area contributed by atoms with Gasteiger partial charge in [-0.15, -0.1) is 0 Å². The second kappa shape index (κ2) is 7.11. The second-order valence-corrected chi connectivity index (χ2v) is 6.65. The predicted octanol–water partition coefficient (Wildman–Crippen LogP) is 4.36. The Morgan fingerprint density at radius 3 is 2.24 bits per heavy atom. The summed E-state index contributed by atoms with van der Waals surface area (Å²) in [5.74, 6) is 0. The Bertz CT molecular complexity index is 865. The molecule has 0 saturated carbocycles. The average molecular weight is 347 g/mol. The first-order valence-electron chi connectivity index (χ1n) is 8.65. The molecule has 1 aliphatic heterocycles. The summed E-state index contributed by atoms with van der Waals surface area (Å²) in [6.45, 7) is 3.85. The Morgan fingerprint density at radius 2 is 1.44 bits per heavy atom. The van der Waals surface area contributed by atoms with Gasteiger partial charge in [0.1, 0.15) is 0 Å². The van der Waals surface area contributed by atoms with Crippen LogP contribution in [0.2, 0.25) is 0 Å². The fraction of sp³-hybridized carbons (Fsp3) is 0.190. The van der Waals surface area contributed by atoms with E-state index in [-0.39, 0.29) is 0 Å². The van der Waals surface area contributed by atoms with Crippen LogP contribution in [0.3, 0.4) is 0 Å². The summed E-state index contributed by atoms with van der Waals surface area (Å²) < 4.78 is 0. The maximum atomic E-state index is 5.67. The van der Waals surface area contributed by atoms with Crippen LogP contribution in [0.25, 0.3) is 10.8 Å². The second-order valence-electron chi connectivity index (χ2n) is 6.27. The summed E-state index contributed by atoms with van der Waals surface area (Å²) in [6, 6.07) is 25.3. The van der Waals surface area contributed by atoms with E-state index in [0.717, 1.165) is 37.0 Å². The molecule has 3 aromatic carbocycles. The number of fused-ring (bicyclic) bond motifs is 1. The maximum Gasteiger partial charge on any atom is 0.173 e. The van der Waals surface area contributed by atoms with Gasteiger partial charge >= 0.3 is 0 Å². The fourth-order valence-electron chi connectivity index (χ4n) is 3.34. The van der Waals surface area contributed by atoms with E-state index in [9.17, 15) is 0 Å². The molecule has 25 heavy (non-hydrogen) atoms. The average Bonchev–Trinajstić information content (AvgIpc) is 2.69. The maximum absolute atomic E-state index is 5.67. The molecule has 1 N–H and O–H groups in total. The summed E-state index contributed by atoms with van der Waals surface area (Å²) in [6.07, 6.45) is 0. The van der Waals surface area contributed by atoms with E-state index in [1.807, 2.05) is 0 Å². The number of hydrogen-bond acceptors (Lipinski definition) is 2. The van der Waals surface area contributed by atoms with Gasteiger partial charge in [0.05, 0.1) is 0 Å². The molecule has 3 aromatic rings. The van der Waals surface area contributed by atoms with Gasteiger partial charge in [0, 0.05) is 42.9 Å². The van der Waals surface area contributed by atoms with Gasteiger partial charge in [0.2, 0.25) is 0 Å². The van der Waals surface area contributed by atoms with Crippen LogP contribution in [0.5, 0.6) is 0 Å². The molecular formula is C21H21N3S. The van der Waals surface area contributed by atoms with Crippen LogP contribution < -0.4 is 10.2 Å². The molecule has 0 aromatic heterocycles. The number of piperazine rings is 1. The Kier molecular flexibility index (Phi) is 4.53. The number of nitrogens with zero attached hydrogens (tertiary/aromatic N) is 2. The highest BCUT2D eigenvalue weighted by Crippen LogP contribution is 2.23. The highest BCUT2D eigenvalue weighted by molar-refractivity contribution is 7.80. The number of rotatable bonds is 2. The number of nitrogens with one attached hydrogen (secondary N) is 1. The molecule has 0 spiro atoms. The van der Waals surface area contributed by atoms with Crippen LogP contribution in [0, 0.1) is 0 Å². The Labute approximate surface area is 153 Å². The van der Waals surface area contributed by atoms with Crippen LogP contribution in [0.15, 0.2) is 72.8 Å². The van der Waals surface area contributed by atoms with E-state index >= 15 is 0 Å². The van der Waals surface area contributed by atoms with Crippen molar-refractivity contribution in [1.82, 2.24) is 4.90 Å². The minimum Gasteiger partial charge on any atom is -0.368 e. The lowest BCUT2D eigenvalue weighted by molar-refractivity contribution is 0.391. The molecule has 4 rings (SSSR count). The molecule has 126 valence electrons. The molecule has 0 atom stereocenters. The van der Waals surface area contributed by atoms with Gasteiger partial charge in [-0.1, -0.05) is 54.6 Å². The van der Waals surface area contributed by atoms with Gasteiger partial charge < -0.3 is 15.1 Å². The van der Waals surface area contributed by atoms with Crippen molar-refractivity contribution in [3.05, 3.63) is 72.8 Å². The van der Waals surface area contributed by atoms with Gasteiger partial charge in [-0.3, -0.25) is 0 Å². The zero-order valence-electron chi connectivity index (χ0n) is 14.1. The smallest absolute Gasteiger partial charge is 0.173 e. The third-order valence-corrected chi connectivity index (χ3v) is 5.08. The summed E-state index contributed by atoms with van der Waals surface area (Å²) >= 11 is 5.67. The molecule has 0 unspecified atom stereocenters. The summed E-state index contributed by atoms with van der Waals surface area (Å²) in [5, 5.41) is 6.69. The fourth-order valence-corrected chi connectivity index (χ4v) is 3.63. The van der Waals surface area contributed by atoms with Crippen molar-refractivity contribution < 1.29 is 0 Å². The normalized spacial score (nSPS) is 14.6. The van der Waals surface area contributed by atoms with Gasteiger partial charge in [-0.25, -0.2) is 0 Å².